The number of alkyl halides is 3. The van der Waals surface area contributed by atoms with Crippen molar-refractivity contribution in [2.75, 3.05) is 5.32 Å². The lowest BCUT2D eigenvalue weighted by Gasteiger charge is -2.18. The van der Waals surface area contributed by atoms with Gasteiger partial charge in [0.2, 0.25) is 5.91 Å². The molecule has 1 unspecified atom stereocenters. The fourth-order valence-electron chi connectivity index (χ4n) is 2.88. The van der Waals surface area contributed by atoms with Crippen molar-refractivity contribution in [3.05, 3.63) is 72.1 Å². The summed E-state index contributed by atoms with van der Waals surface area (Å²) in [5, 5.41) is 2.41. The smallest absolute Gasteiger partial charge is 0.325 e. The number of carbonyl (C=O) groups is 1. The Morgan fingerprint density at radius 2 is 1.73 bits per heavy atom. The number of thioether (sulfide) groups is 1. The van der Waals surface area contributed by atoms with Crippen molar-refractivity contribution in [3.8, 4) is 11.3 Å². The summed E-state index contributed by atoms with van der Waals surface area (Å²) in [5.41, 5.74) is 0.519. The Morgan fingerprint density at radius 3 is 2.40 bits per heavy atom. The second-order valence-corrected chi connectivity index (χ2v) is 7.78. The number of anilines is 1. The first-order valence-electron chi connectivity index (χ1n) is 9.32. The maximum Gasteiger partial charge on any atom is 0.418 e. The lowest BCUT2D eigenvalue weighted by Crippen LogP contribution is -2.26. The number of benzene rings is 2. The van der Waals surface area contributed by atoms with Crippen molar-refractivity contribution in [2.45, 2.75) is 36.7 Å². The molecule has 4 nitrogen and oxygen atoms in total. The first kappa shape index (κ1) is 21.8. The highest BCUT2D eigenvalue weighted by Gasteiger charge is 2.34. The quantitative estimate of drug-likeness (QED) is 0.385. The Labute approximate surface area is 177 Å². The molecule has 0 saturated heterocycles. The summed E-state index contributed by atoms with van der Waals surface area (Å²) >= 11 is 1.21. The van der Waals surface area contributed by atoms with E-state index >= 15 is 0 Å². The number of hydrogen-bond acceptors (Lipinski definition) is 4. The van der Waals surface area contributed by atoms with Crippen molar-refractivity contribution in [1.29, 1.82) is 0 Å². The number of para-hydroxylation sites is 1. The second kappa shape index (κ2) is 9.30. The molecular weight excluding hydrogens is 411 g/mol. The second-order valence-electron chi connectivity index (χ2n) is 6.55. The summed E-state index contributed by atoms with van der Waals surface area (Å²) in [7, 11) is 0. The molecule has 156 valence electrons. The van der Waals surface area contributed by atoms with E-state index in [1.807, 2.05) is 30.3 Å². The van der Waals surface area contributed by atoms with E-state index in [-0.39, 0.29) is 5.69 Å². The van der Waals surface area contributed by atoms with Crippen LogP contribution in [0, 0.1) is 6.92 Å². The number of nitrogens with one attached hydrogen (secondary N) is 1. The minimum atomic E-state index is -4.55. The van der Waals surface area contributed by atoms with Crippen LogP contribution in [0.5, 0.6) is 0 Å². The third-order valence-electron chi connectivity index (χ3n) is 4.30. The SMILES string of the molecule is CCC(Sc1cc(-c2ccccc2)nc(C)n1)C(=O)Nc1ccccc1C(F)(F)F. The average Bonchev–Trinajstić information content (AvgIpc) is 2.72. The Kier molecular flexibility index (Phi) is 6.77. The number of aromatic nitrogens is 2. The first-order valence-corrected chi connectivity index (χ1v) is 10.2. The van der Waals surface area contributed by atoms with Gasteiger partial charge in [-0.1, -0.05) is 61.2 Å². The van der Waals surface area contributed by atoms with Crippen LogP contribution in [-0.2, 0) is 11.0 Å². The highest BCUT2D eigenvalue weighted by molar-refractivity contribution is 8.00. The lowest BCUT2D eigenvalue weighted by molar-refractivity contribution is -0.137. The van der Waals surface area contributed by atoms with Crippen LogP contribution in [-0.4, -0.2) is 21.1 Å². The van der Waals surface area contributed by atoms with Crippen LogP contribution in [0.4, 0.5) is 18.9 Å². The zero-order chi connectivity index (χ0) is 21.7. The van der Waals surface area contributed by atoms with Crippen molar-refractivity contribution in [1.82, 2.24) is 9.97 Å². The van der Waals surface area contributed by atoms with Gasteiger partial charge in [-0.15, -0.1) is 0 Å². The molecule has 0 aliphatic heterocycles. The van der Waals surface area contributed by atoms with Crippen molar-refractivity contribution in [2.24, 2.45) is 0 Å². The van der Waals surface area contributed by atoms with E-state index < -0.39 is 22.9 Å². The highest BCUT2D eigenvalue weighted by Crippen LogP contribution is 2.35. The Morgan fingerprint density at radius 1 is 1.07 bits per heavy atom. The summed E-state index contributed by atoms with van der Waals surface area (Å²) < 4.78 is 39.6. The Hall–Kier alpha value is -2.87. The zero-order valence-corrected chi connectivity index (χ0v) is 17.2. The van der Waals surface area contributed by atoms with Gasteiger partial charge in [-0.05, 0) is 31.5 Å². The number of carbonyl (C=O) groups excluding carboxylic acids is 1. The lowest BCUT2D eigenvalue weighted by atomic mass is 10.1. The van der Waals surface area contributed by atoms with Gasteiger partial charge in [0, 0.05) is 5.56 Å². The molecule has 1 amide bonds. The molecule has 0 fully saturated rings. The van der Waals surface area contributed by atoms with Gasteiger partial charge in [0.25, 0.3) is 0 Å². The molecule has 8 heteroatoms. The fraction of sp³-hybridized carbons (Fsp3) is 0.227. The Balaban J connectivity index is 1.81. The van der Waals surface area contributed by atoms with Crippen molar-refractivity contribution < 1.29 is 18.0 Å². The molecule has 1 atom stereocenters. The van der Waals surface area contributed by atoms with Crippen molar-refractivity contribution >= 4 is 23.4 Å². The third-order valence-corrected chi connectivity index (χ3v) is 5.58. The van der Waals surface area contributed by atoms with E-state index in [4.69, 9.17) is 0 Å². The first-order chi connectivity index (χ1) is 14.3. The largest absolute Gasteiger partial charge is 0.418 e. The normalized spacial score (nSPS) is 12.4. The van der Waals surface area contributed by atoms with Gasteiger partial charge in [0.15, 0.2) is 0 Å². The molecule has 3 rings (SSSR count). The topological polar surface area (TPSA) is 54.9 Å². The molecule has 3 aromatic rings. The predicted octanol–water partition coefficient (Wildman–Crippen LogP) is 5.98. The molecule has 30 heavy (non-hydrogen) atoms. The fourth-order valence-corrected chi connectivity index (χ4v) is 3.87. The third kappa shape index (κ3) is 5.38. The molecule has 0 aliphatic rings. The van der Waals surface area contributed by atoms with Crippen LogP contribution in [0.1, 0.15) is 24.7 Å². The van der Waals surface area contributed by atoms with Crippen LogP contribution in [0.15, 0.2) is 65.7 Å². The maximum atomic E-state index is 13.2. The molecule has 1 aromatic heterocycles. The minimum absolute atomic E-state index is 0.252. The predicted molar refractivity (Wildman–Crippen MR) is 112 cm³/mol. The Bertz CT molecular complexity index is 1030. The number of aryl methyl sites for hydroxylation is 1. The van der Waals surface area contributed by atoms with Crippen LogP contribution in [0.3, 0.4) is 0 Å². The standard InChI is InChI=1S/C22H20F3N3OS/c1-3-19(21(29)28-17-12-8-7-11-16(17)22(23,24)25)30-20-13-18(26-14(2)27-20)15-9-5-4-6-10-15/h4-13,19H,3H2,1-2H3,(H,28,29). The van der Waals surface area contributed by atoms with Gasteiger partial charge in [-0.2, -0.15) is 13.2 Å². The number of rotatable bonds is 6. The average molecular weight is 431 g/mol. The van der Waals surface area contributed by atoms with Crippen molar-refractivity contribution in [3.63, 3.8) is 0 Å². The summed E-state index contributed by atoms with van der Waals surface area (Å²) in [4.78, 5) is 21.5. The van der Waals surface area contributed by atoms with E-state index in [1.165, 1.54) is 30.0 Å². The van der Waals surface area contributed by atoms with Gasteiger partial charge in [-0.3, -0.25) is 4.79 Å². The highest BCUT2D eigenvalue weighted by atomic mass is 32.2. The number of hydrogen-bond donors (Lipinski definition) is 1. The van der Waals surface area contributed by atoms with Crippen LogP contribution >= 0.6 is 11.8 Å². The molecule has 0 radical (unpaired) electrons. The number of nitrogens with zero attached hydrogens (tertiary/aromatic N) is 2. The molecule has 1 heterocycles. The number of halogens is 3. The molecule has 0 aliphatic carbocycles. The van der Waals surface area contributed by atoms with E-state index in [1.54, 1.807) is 19.9 Å². The molecule has 0 spiro atoms. The molecule has 0 bridgehead atoms. The van der Waals surface area contributed by atoms with Crippen LogP contribution < -0.4 is 5.32 Å². The monoisotopic (exact) mass is 431 g/mol. The van der Waals surface area contributed by atoms with E-state index in [0.717, 1.165) is 17.3 Å². The summed E-state index contributed by atoms with van der Waals surface area (Å²) in [6.45, 7) is 3.57. The van der Waals surface area contributed by atoms with Crippen LogP contribution in [0.2, 0.25) is 0 Å². The summed E-state index contributed by atoms with van der Waals surface area (Å²) in [5.74, 6) is 0.0493. The summed E-state index contributed by atoms with van der Waals surface area (Å²) in [6.07, 6.45) is -4.12. The maximum absolute atomic E-state index is 13.2. The van der Waals surface area contributed by atoms with E-state index in [0.29, 0.717) is 17.3 Å². The summed E-state index contributed by atoms with van der Waals surface area (Å²) in [6, 6.07) is 16.3. The number of amides is 1. The van der Waals surface area contributed by atoms with Gasteiger partial charge < -0.3 is 5.32 Å². The molecule has 2 aromatic carbocycles. The van der Waals surface area contributed by atoms with Gasteiger partial charge in [0.1, 0.15) is 10.9 Å². The van der Waals surface area contributed by atoms with Gasteiger partial charge >= 0.3 is 6.18 Å². The molecule has 1 N–H and O–H groups in total. The van der Waals surface area contributed by atoms with E-state index in [2.05, 4.69) is 15.3 Å². The zero-order valence-electron chi connectivity index (χ0n) is 16.4. The molecule has 0 saturated carbocycles. The van der Waals surface area contributed by atoms with Gasteiger partial charge in [-0.25, -0.2) is 9.97 Å². The minimum Gasteiger partial charge on any atom is -0.325 e. The molecular formula is C22H20F3N3OS. The van der Waals surface area contributed by atoms with Crippen LogP contribution in [0.25, 0.3) is 11.3 Å². The van der Waals surface area contributed by atoms with E-state index in [9.17, 15) is 18.0 Å². The van der Waals surface area contributed by atoms with Gasteiger partial charge in [0.05, 0.1) is 22.2 Å².